The van der Waals surface area contributed by atoms with Crippen molar-refractivity contribution in [2.75, 3.05) is 26.4 Å². The first-order valence-electron chi connectivity index (χ1n) is 5.16. The molecule has 2 atom stereocenters. The first-order valence-corrected chi connectivity index (χ1v) is 5.16. The molecule has 0 aromatic carbocycles. The minimum absolute atomic E-state index is 0.0230. The zero-order chi connectivity index (χ0) is 11.3. The first-order chi connectivity index (χ1) is 7.24. The molecule has 88 valence electrons. The van der Waals surface area contributed by atoms with E-state index in [0.29, 0.717) is 19.8 Å². The van der Waals surface area contributed by atoms with Crippen LogP contribution in [0.15, 0.2) is 5.16 Å². The molecule has 0 amide bonds. The molecule has 1 saturated heterocycles. The Labute approximate surface area is 89.3 Å². The highest BCUT2D eigenvalue weighted by atomic mass is 16.5. The molecule has 1 heterocycles. The summed E-state index contributed by atoms with van der Waals surface area (Å²) < 4.78 is 5.27. The van der Waals surface area contributed by atoms with Crippen LogP contribution in [0.25, 0.3) is 0 Å². The molecular formula is C9H19N3O3. The third kappa shape index (κ3) is 2.80. The monoisotopic (exact) mass is 217 g/mol. The molecule has 15 heavy (non-hydrogen) atoms. The molecule has 1 fully saturated rings. The SMILES string of the molecule is CCC(C(N)=NO)N1CCOCC1CO. The Morgan fingerprint density at radius 2 is 2.47 bits per heavy atom. The van der Waals surface area contributed by atoms with E-state index in [9.17, 15) is 5.11 Å². The van der Waals surface area contributed by atoms with Gasteiger partial charge in [-0.05, 0) is 6.42 Å². The van der Waals surface area contributed by atoms with Crippen LogP contribution in [-0.2, 0) is 4.74 Å². The number of nitrogens with zero attached hydrogens (tertiary/aromatic N) is 2. The number of aliphatic hydroxyl groups is 1. The summed E-state index contributed by atoms with van der Waals surface area (Å²) in [5, 5.41) is 20.9. The Balaban J connectivity index is 2.72. The number of nitrogens with two attached hydrogens (primary N) is 1. The van der Waals surface area contributed by atoms with E-state index in [4.69, 9.17) is 15.7 Å². The fourth-order valence-corrected chi connectivity index (χ4v) is 1.92. The lowest BCUT2D eigenvalue weighted by Crippen LogP contribution is -2.56. The predicted octanol–water partition coefficient (Wildman–Crippen LogP) is -0.795. The summed E-state index contributed by atoms with van der Waals surface area (Å²) >= 11 is 0. The van der Waals surface area contributed by atoms with Crippen molar-refractivity contribution in [1.82, 2.24) is 4.90 Å². The van der Waals surface area contributed by atoms with Crippen LogP contribution in [0.2, 0.25) is 0 Å². The van der Waals surface area contributed by atoms with Gasteiger partial charge in [-0.15, -0.1) is 0 Å². The first kappa shape index (κ1) is 12.2. The lowest BCUT2D eigenvalue weighted by molar-refractivity contribution is -0.0369. The summed E-state index contributed by atoms with van der Waals surface area (Å²) in [7, 11) is 0. The van der Waals surface area contributed by atoms with Gasteiger partial charge in [-0.1, -0.05) is 12.1 Å². The second kappa shape index (κ2) is 5.89. The van der Waals surface area contributed by atoms with Crippen molar-refractivity contribution in [3.05, 3.63) is 0 Å². The van der Waals surface area contributed by atoms with Crippen molar-refractivity contribution in [3.63, 3.8) is 0 Å². The van der Waals surface area contributed by atoms with Crippen molar-refractivity contribution >= 4 is 5.84 Å². The van der Waals surface area contributed by atoms with Crippen LogP contribution in [0.5, 0.6) is 0 Å². The van der Waals surface area contributed by atoms with E-state index in [1.54, 1.807) is 0 Å². The summed E-state index contributed by atoms with van der Waals surface area (Å²) in [4.78, 5) is 2.03. The standard InChI is InChI=1S/C9H19N3O3/c1-2-8(9(10)11-14)12-3-4-15-6-7(12)5-13/h7-8,13-14H,2-6H2,1H3,(H2,10,11). The maximum Gasteiger partial charge on any atom is 0.156 e. The van der Waals surface area contributed by atoms with E-state index < -0.39 is 0 Å². The van der Waals surface area contributed by atoms with E-state index in [2.05, 4.69) is 5.16 Å². The van der Waals surface area contributed by atoms with Gasteiger partial charge in [-0.2, -0.15) is 0 Å². The van der Waals surface area contributed by atoms with E-state index in [-0.39, 0.29) is 24.5 Å². The third-order valence-corrected chi connectivity index (χ3v) is 2.73. The summed E-state index contributed by atoms with van der Waals surface area (Å²) in [5.41, 5.74) is 5.61. The molecular weight excluding hydrogens is 198 g/mol. The number of amidine groups is 1. The lowest BCUT2D eigenvalue weighted by atomic mass is 10.1. The van der Waals surface area contributed by atoms with E-state index in [1.807, 2.05) is 11.8 Å². The van der Waals surface area contributed by atoms with Gasteiger partial charge in [0.05, 0.1) is 31.9 Å². The van der Waals surface area contributed by atoms with Gasteiger partial charge in [0.1, 0.15) is 0 Å². The van der Waals surface area contributed by atoms with Crippen molar-refractivity contribution < 1.29 is 15.1 Å². The van der Waals surface area contributed by atoms with Crippen molar-refractivity contribution in [2.24, 2.45) is 10.9 Å². The summed E-state index contributed by atoms with van der Waals surface area (Å²) in [6.07, 6.45) is 0.742. The van der Waals surface area contributed by atoms with Gasteiger partial charge in [0.2, 0.25) is 0 Å². The molecule has 6 nitrogen and oxygen atoms in total. The Morgan fingerprint density at radius 1 is 1.73 bits per heavy atom. The Kier molecular flexibility index (Phi) is 4.80. The van der Waals surface area contributed by atoms with Crippen LogP contribution in [0.1, 0.15) is 13.3 Å². The maximum atomic E-state index is 9.20. The number of morpholine rings is 1. The summed E-state index contributed by atoms with van der Waals surface area (Å²) in [6.45, 7) is 3.79. The van der Waals surface area contributed by atoms with Crippen molar-refractivity contribution in [2.45, 2.75) is 25.4 Å². The second-order valence-corrected chi connectivity index (χ2v) is 3.60. The van der Waals surface area contributed by atoms with Gasteiger partial charge in [0, 0.05) is 6.54 Å². The molecule has 4 N–H and O–H groups in total. The highest BCUT2D eigenvalue weighted by Gasteiger charge is 2.30. The Hall–Kier alpha value is -0.850. The zero-order valence-electron chi connectivity index (χ0n) is 8.96. The third-order valence-electron chi connectivity index (χ3n) is 2.73. The average Bonchev–Trinajstić information content (AvgIpc) is 2.30. The normalized spacial score (nSPS) is 26.5. The van der Waals surface area contributed by atoms with Crippen LogP contribution in [0.3, 0.4) is 0 Å². The highest BCUT2D eigenvalue weighted by Crippen LogP contribution is 2.13. The Morgan fingerprint density at radius 3 is 3.00 bits per heavy atom. The molecule has 0 bridgehead atoms. The smallest absolute Gasteiger partial charge is 0.156 e. The van der Waals surface area contributed by atoms with Crippen molar-refractivity contribution in [3.8, 4) is 0 Å². The van der Waals surface area contributed by atoms with Gasteiger partial charge in [-0.3, -0.25) is 4.90 Å². The largest absolute Gasteiger partial charge is 0.409 e. The van der Waals surface area contributed by atoms with Crippen molar-refractivity contribution in [1.29, 1.82) is 0 Å². The number of rotatable bonds is 4. The molecule has 0 spiro atoms. The number of oxime groups is 1. The fraction of sp³-hybridized carbons (Fsp3) is 0.889. The molecule has 1 aliphatic rings. The number of hydrogen-bond acceptors (Lipinski definition) is 5. The summed E-state index contributed by atoms with van der Waals surface area (Å²) in [6, 6.07) is -0.194. The number of aliphatic hydroxyl groups excluding tert-OH is 1. The van der Waals surface area contributed by atoms with Crippen LogP contribution >= 0.6 is 0 Å². The molecule has 0 aromatic heterocycles. The second-order valence-electron chi connectivity index (χ2n) is 3.60. The minimum atomic E-state index is -0.129. The zero-order valence-corrected chi connectivity index (χ0v) is 8.96. The summed E-state index contributed by atoms with van der Waals surface area (Å²) in [5.74, 6) is 0.192. The quantitative estimate of drug-likeness (QED) is 0.248. The van der Waals surface area contributed by atoms with Crippen LogP contribution in [0, 0.1) is 0 Å². The van der Waals surface area contributed by atoms with Gasteiger partial charge in [-0.25, -0.2) is 0 Å². The van der Waals surface area contributed by atoms with Crippen LogP contribution in [-0.4, -0.2) is 59.5 Å². The molecule has 1 rings (SSSR count). The molecule has 6 heteroatoms. The van der Waals surface area contributed by atoms with E-state index in [0.717, 1.165) is 6.42 Å². The van der Waals surface area contributed by atoms with Crippen LogP contribution in [0.4, 0.5) is 0 Å². The van der Waals surface area contributed by atoms with Gasteiger partial charge in [0.25, 0.3) is 0 Å². The minimum Gasteiger partial charge on any atom is -0.409 e. The Bertz CT molecular complexity index is 223. The van der Waals surface area contributed by atoms with Crippen LogP contribution < -0.4 is 5.73 Å². The number of hydrogen-bond donors (Lipinski definition) is 3. The maximum absolute atomic E-state index is 9.20. The molecule has 2 unspecified atom stereocenters. The van der Waals surface area contributed by atoms with Gasteiger partial charge >= 0.3 is 0 Å². The molecule has 0 aromatic rings. The van der Waals surface area contributed by atoms with E-state index in [1.165, 1.54) is 0 Å². The molecule has 0 radical (unpaired) electrons. The predicted molar refractivity (Wildman–Crippen MR) is 55.9 cm³/mol. The topological polar surface area (TPSA) is 91.3 Å². The van der Waals surface area contributed by atoms with Gasteiger partial charge in [0.15, 0.2) is 5.84 Å². The average molecular weight is 217 g/mol. The number of ether oxygens (including phenoxy) is 1. The van der Waals surface area contributed by atoms with E-state index >= 15 is 0 Å². The molecule has 0 saturated carbocycles. The molecule has 1 aliphatic heterocycles. The highest BCUT2D eigenvalue weighted by molar-refractivity contribution is 5.85. The van der Waals surface area contributed by atoms with Gasteiger partial charge < -0.3 is 20.8 Å². The molecule has 0 aliphatic carbocycles. The lowest BCUT2D eigenvalue weighted by Gasteiger charge is -2.39. The fourth-order valence-electron chi connectivity index (χ4n) is 1.92.